The molecule has 2 aliphatic carbocycles. The maximum atomic E-state index is 12.7. The first kappa shape index (κ1) is 17.7. The average Bonchev–Trinajstić information content (AvgIpc) is 3.29. The Morgan fingerprint density at radius 3 is 2.63 bits per heavy atom. The van der Waals surface area contributed by atoms with Gasteiger partial charge in [-0.05, 0) is 43.7 Å². The van der Waals surface area contributed by atoms with Gasteiger partial charge in [-0.3, -0.25) is 19.1 Å². The van der Waals surface area contributed by atoms with Gasteiger partial charge in [0.25, 0.3) is 5.91 Å². The second-order valence-corrected chi connectivity index (χ2v) is 7.55. The van der Waals surface area contributed by atoms with Gasteiger partial charge >= 0.3 is 5.97 Å². The van der Waals surface area contributed by atoms with E-state index >= 15 is 0 Å². The van der Waals surface area contributed by atoms with Crippen LogP contribution in [0.2, 0.25) is 0 Å². The van der Waals surface area contributed by atoms with Gasteiger partial charge in [0.15, 0.2) is 0 Å². The van der Waals surface area contributed by atoms with E-state index in [1.165, 1.54) is 12.8 Å². The van der Waals surface area contributed by atoms with Crippen LogP contribution in [0.15, 0.2) is 42.9 Å². The summed E-state index contributed by atoms with van der Waals surface area (Å²) in [5.74, 6) is -0.278. The Balaban J connectivity index is 1.34. The third kappa shape index (κ3) is 4.19. The Bertz CT molecular complexity index is 810. The van der Waals surface area contributed by atoms with Gasteiger partial charge in [0.2, 0.25) is 0 Å². The molecule has 2 saturated carbocycles. The summed E-state index contributed by atoms with van der Waals surface area (Å²) >= 11 is 0. The number of hydrogen-bond acceptors (Lipinski definition) is 4. The second-order valence-electron chi connectivity index (χ2n) is 7.55. The number of hydrogen-bond donors (Lipinski definition) is 2. The van der Waals surface area contributed by atoms with Crippen LogP contribution in [0.1, 0.15) is 36.2 Å². The van der Waals surface area contributed by atoms with Crippen molar-refractivity contribution in [3.63, 3.8) is 0 Å². The molecular formula is C20H24N4O3. The highest BCUT2D eigenvalue weighted by Gasteiger charge is 2.38. The smallest absolute Gasteiger partial charge is 0.317 e. The van der Waals surface area contributed by atoms with Crippen molar-refractivity contribution >= 4 is 11.9 Å². The van der Waals surface area contributed by atoms with E-state index in [1.54, 1.807) is 17.1 Å². The van der Waals surface area contributed by atoms with E-state index in [1.807, 2.05) is 30.3 Å². The molecule has 2 aromatic rings. The van der Waals surface area contributed by atoms with E-state index < -0.39 is 5.97 Å². The summed E-state index contributed by atoms with van der Waals surface area (Å²) in [5, 5.41) is 12.2. The summed E-state index contributed by atoms with van der Waals surface area (Å²) in [6, 6.07) is 9.95. The summed E-state index contributed by atoms with van der Waals surface area (Å²) in [7, 11) is 0. The summed E-state index contributed by atoms with van der Waals surface area (Å²) in [5.41, 5.74) is 1.40. The number of imidazole rings is 1. The van der Waals surface area contributed by atoms with E-state index in [2.05, 4.69) is 15.2 Å². The molecule has 7 heteroatoms. The first-order chi connectivity index (χ1) is 13.1. The third-order valence-corrected chi connectivity index (χ3v) is 5.40. The molecule has 0 atom stereocenters. The fourth-order valence-corrected chi connectivity index (χ4v) is 3.67. The van der Waals surface area contributed by atoms with Gasteiger partial charge in [-0.25, -0.2) is 4.98 Å². The number of carboxylic acid groups (broad SMARTS) is 1. The number of nitrogens with zero attached hydrogens (tertiary/aromatic N) is 3. The minimum atomic E-state index is -0.783. The Hall–Kier alpha value is -2.67. The van der Waals surface area contributed by atoms with Crippen LogP contribution < -0.4 is 5.32 Å². The molecule has 27 heavy (non-hydrogen) atoms. The van der Waals surface area contributed by atoms with Crippen molar-refractivity contribution in [2.75, 3.05) is 13.1 Å². The van der Waals surface area contributed by atoms with Crippen LogP contribution in [0, 0.1) is 5.92 Å². The highest BCUT2D eigenvalue weighted by molar-refractivity contribution is 5.93. The lowest BCUT2D eigenvalue weighted by atomic mass is 9.85. The van der Waals surface area contributed by atoms with Crippen molar-refractivity contribution in [3.8, 4) is 5.69 Å². The lowest BCUT2D eigenvalue weighted by molar-refractivity contribution is -0.139. The summed E-state index contributed by atoms with van der Waals surface area (Å²) < 4.78 is 1.77. The van der Waals surface area contributed by atoms with Crippen molar-refractivity contribution in [2.45, 2.75) is 37.8 Å². The topological polar surface area (TPSA) is 87.5 Å². The molecule has 0 aliphatic heterocycles. The molecular weight excluding hydrogens is 344 g/mol. The standard InChI is InChI=1S/C20H24N4O3/c25-19(26)12-23(11-14-6-7-14)17-8-15(9-17)22-20(27)18-10-21-13-24(18)16-4-2-1-3-5-16/h1-5,10,13-15,17H,6-9,11-12H2,(H,22,27)(H,25,26). The highest BCUT2D eigenvalue weighted by Crippen LogP contribution is 2.33. The number of rotatable bonds is 8. The largest absolute Gasteiger partial charge is 0.480 e. The van der Waals surface area contributed by atoms with Gasteiger partial charge in [-0.2, -0.15) is 0 Å². The quantitative estimate of drug-likeness (QED) is 0.743. The molecule has 0 spiro atoms. The van der Waals surface area contributed by atoms with Gasteiger partial charge in [0.1, 0.15) is 5.69 Å². The number of para-hydroxylation sites is 1. The van der Waals surface area contributed by atoms with E-state index in [-0.39, 0.29) is 24.5 Å². The number of carbonyl (C=O) groups is 2. The summed E-state index contributed by atoms with van der Waals surface area (Å²) in [6.45, 7) is 0.945. The molecule has 142 valence electrons. The average molecular weight is 368 g/mol. The van der Waals surface area contributed by atoms with Gasteiger partial charge in [0.05, 0.1) is 19.1 Å². The molecule has 1 heterocycles. The fraction of sp³-hybridized carbons (Fsp3) is 0.450. The van der Waals surface area contributed by atoms with E-state index in [4.69, 9.17) is 5.11 Å². The zero-order valence-electron chi connectivity index (χ0n) is 15.1. The van der Waals surface area contributed by atoms with Gasteiger partial charge < -0.3 is 10.4 Å². The van der Waals surface area contributed by atoms with Crippen LogP contribution in [0.5, 0.6) is 0 Å². The van der Waals surface area contributed by atoms with Crippen LogP contribution in [0.3, 0.4) is 0 Å². The monoisotopic (exact) mass is 368 g/mol. The van der Waals surface area contributed by atoms with Crippen LogP contribution in [-0.2, 0) is 4.79 Å². The second kappa shape index (κ2) is 7.52. The van der Waals surface area contributed by atoms with E-state index in [0.29, 0.717) is 11.6 Å². The zero-order valence-corrected chi connectivity index (χ0v) is 15.1. The van der Waals surface area contributed by atoms with Gasteiger partial charge in [-0.15, -0.1) is 0 Å². The Morgan fingerprint density at radius 2 is 1.96 bits per heavy atom. The van der Waals surface area contributed by atoms with Crippen molar-refractivity contribution in [1.82, 2.24) is 19.8 Å². The molecule has 7 nitrogen and oxygen atoms in total. The fourth-order valence-electron chi connectivity index (χ4n) is 3.67. The number of carbonyl (C=O) groups excluding carboxylic acids is 1. The van der Waals surface area contributed by atoms with Crippen LogP contribution >= 0.6 is 0 Å². The number of nitrogens with one attached hydrogen (secondary N) is 1. The normalized spacial score (nSPS) is 21.7. The van der Waals surface area contributed by atoms with Crippen molar-refractivity contribution < 1.29 is 14.7 Å². The number of benzene rings is 1. The maximum Gasteiger partial charge on any atom is 0.317 e. The molecule has 1 amide bonds. The van der Waals surface area contributed by atoms with Gasteiger partial charge in [0, 0.05) is 24.3 Å². The van der Waals surface area contributed by atoms with E-state index in [9.17, 15) is 9.59 Å². The third-order valence-electron chi connectivity index (χ3n) is 5.40. The number of aliphatic carboxylic acids is 1. The van der Waals surface area contributed by atoms with Gasteiger partial charge in [-0.1, -0.05) is 18.2 Å². The molecule has 1 aromatic carbocycles. The number of carboxylic acids is 1. The molecule has 2 fully saturated rings. The Morgan fingerprint density at radius 1 is 1.22 bits per heavy atom. The number of amides is 1. The predicted molar refractivity (Wildman–Crippen MR) is 99.8 cm³/mol. The lowest BCUT2D eigenvalue weighted by Crippen LogP contribution is -2.55. The van der Waals surface area contributed by atoms with E-state index in [0.717, 1.165) is 25.1 Å². The van der Waals surface area contributed by atoms with Crippen LogP contribution in [-0.4, -0.2) is 56.6 Å². The van der Waals surface area contributed by atoms with Crippen molar-refractivity contribution in [1.29, 1.82) is 0 Å². The SMILES string of the molecule is O=C(O)CN(CC1CC1)C1CC(NC(=O)c2cncn2-c2ccccc2)C1. The number of aromatic nitrogens is 2. The molecule has 0 bridgehead atoms. The Kier molecular flexibility index (Phi) is 4.94. The minimum absolute atomic E-state index is 0.0807. The van der Waals surface area contributed by atoms with Crippen molar-refractivity contribution in [3.05, 3.63) is 48.5 Å². The Labute approximate surface area is 158 Å². The first-order valence-electron chi connectivity index (χ1n) is 9.44. The lowest BCUT2D eigenvalue weighted by Gasteiger charge is -2.42. The zero-order chi connectivity index (χ0) is 18.8. The van der Waals surface area contributed by atoms with Crippen LogP contribution in [0.25, 0.3) is 5.69 Å². The van der Waals surface area contributed by atoms with Crippen LogP contribution in [0.4, 0.5) is 0 Å². The highest BCUT2D eigenvalue weighted by atomic mass is 16.4. The molecule has 1 aromatic heterocycles. The molecule has 4 rings (SSSR count). The first-order valence-corrected chi connectivity index (χ1v) is 9.44. The summed E-state index contributed by atoms with van der Waals surface area (Å²) in [4.78, 5) is 30.0. The molecule has 2 aliphatic rings. The summed E-state index contributed by atoms with van der Waals surface area (Å²) in [6.07, 6.45) is 7.20. The van der Waals surface area contributed by atoms with Crippen molar-refractivity contribution in [2.24, 2.45) is 5.92 Å². The molecule has 2 N–H and O–H groups in total. The maximum absolute atomic E-state index is 12.7. The molecule has 0 saturated heterocycles. The molecule has 0 radical (unpaired) electrons. The molecule has 0 unspecified atom stereocenters. The predicted octanol–water partition coefficient (Wildman–Crippen LogP) is 1.93. The minimum Gasteiger partial charge on any atom is -0.480 e.